The third-order valence-corrected chi connectivity index (χ3v) is 3.28. The van der Waals surface area contributed by atoms with Crippen molar-refractivity contribution in [2.75, 3.05) is 0 Å². The molecular weight excluding hydrogens is 230 g/mol. The number of carbonyl (C=O) groups excluding carboxylic acids is 2. The molecule has 1 fully saturated rings. The molecule has 96 valence electrons. The second-order valence-electron chi connectivity index (χ2n) is 4.79. The molecule has 1 amide bonds. The molecule has 1 aliphatic heterocycles. The van der Waals surface area contributed by atoms with Gasteiger partial charge in [0.25, 0.3) is 0 Å². The van der Waals surface area contributed by atoms with Crippen LogP contribution >= 0.6 is 0 Å². The second kappa shape index (κ2) is 5.31. The normalized spacial score (nSPS) is 24.0. The molecule has 1 unspecified atom stereocenters. The molecular formula is C14H17NO3. The summed E-state index contributed by atoms with van der Waals surface area (Å²) in [5.41, 5.74) is 0.974. The number of ketones is 1. The fourth-order valence-electron chi connectivity index (χ4n) is 2.33. The number of hydrogen-bond acceptors (Lipinski definition) is 3. The zero-order valence-corrected chi connectivity index (χ0v) is 10.3. The van der Waals surface area contributed by atoms with Gasteiger partial charge in [-0.05, 0) is 12.5 Å². The maximum absolute atomic E-state index is 11.9. The van der Waals surface area contributed by atoms with Gasteiger partial charge in [-0.15, -0.1) is 0 Å². The Morgan fingerprint density at radius 3 is 2.61 bits per heavy atom. The Balaban J connectivity index is 1.87. The monoisotopic (exact) mass is 247 g/mol. The summed E-state index contributed by atoms with van der Waals surface area (Å²) in [6, 6.07) is 9.29. The number of rotatable bonds is 5. The number of β-lactam (4-membered cyclic amide) rings is 1. The smallest absolute Gasteiger partial charge is 0.228 e. The summed E-state index contributed by atoms with van der Waals surface area (Å²) in [7, 11) is 0. The first-order chi connectivity index (χ1) is 8.58. The van der Waals surface area contributed by atoms with Gasteiger partial charge < -0.3 is 10.4 Å². The summed E-state index contributed by atoms with van der Waals surface area (Å²) in [5.74, 6) is -0.524. The largest absolute Gasteiger partial charge is 0.393 e. The molecule has 4 nitrogen and oxygen atoms in total. The van der Waals surface area contributed by atoms with Crippen LogP contribution in [-0.2, 0) is 16.0 Å². The first-order valence-corrected chi connectivity index (χ1v) is 6.12. The minimum atomic E-state index is -0.701. The van der Waals surface area contributed by atoms with E-state index in [9.17, 15) is 14.7 Å². The molecule has 0 bridgehead atoms. The molecule has 1 aromatic rings. The zero-order valence-electron chi connectivity index (χ0n) is 10.3. The number of carbonyl (C=O) groups is 2. The van der Waals surface area contributed by atoms with E-state index in [2.05, 4.69) is 5.32 Å². The Morgan fingerprint density at radius 1 is 1.39 bits per heavy atom. The third-order valence-electron chi connectivity index (χ3n) is 3.28. The Morgan fingerprint density at radius 2 is 2.06 bits per heavy atom. The van der Waals surface area contributed by atoms with Crippen molar-refractivity contribution in [1.82, 2.24) is 5.32 Å². The number of nitrogens with one attached hydrogen (secondary N) is 1. The van der Waals surface area contributed by atoms with Crippen molar-refractivity contribution in [2.45, 2.75) is 31.9 Å². The number of benzene rings is 1. The van der Waals surface area contributed by atoms with E-state index in [-0.39, 0.29) is 24.2 Å². The molecule has 0 saturated carbocycles. The lowest BCUT2D eigenvalue weighted by Crippen LogP contribution is -2.62. The lowest BCUT2D eigenvalue weighted by Gasteiger charge is -2.38. The fraction of sp³-hybridized carbons (Fsp3) is 0.429. The summed E-state index contributed by atoms with van der Waals surface area (Å²) in [4.78, 5) is 23.1. The van der Waals surface area contributed by atoms with Gasteiger partial charge in [-0.25, -0.2) is 0 Å². The first-order valence-electron chi connectivity index (χ1n) is 6.12. The van der Waals surface area contributed by atoms with Gasteiger partial charge in [0.15, 0.2) is 0 Å². The standard InChI is InChI=1S/C14H17NO3/c1-9(16)13-12(15-14(13)18)8-11(17)7-10-5-3-2-4-6-10/h2-6,9,12-13,16H,7-8H2,1H3,(H,15,18)/t9?,12-,13-/m1/s1. The number of aliphatic hydroxyl groups excluding tert-OH is 1. The van der Waals surface area contributed by atoms with Gasteiger partial charge in [-0.1, -0.05) is 30.3 Å². The van der Waals surface area contributed by atoms with Gasteiger partial charge in [0.2, 0.25) is 5.91 Å². The highest BCUT2D eigenvalue weighted by Gasteiger charge is 2.42. The van der Waals surface area contributed by atoms with Crippen molar-refractivity contribution in [1.29, 1.82) is 0 Å². The number of aliphatic hydroxyl groups is 1. The van der Waals surface area contributed by atoms with Crippen LogP contribution in [0.3, 0.4) is 0 Å². The first kappa shape index (κ1) is 12.8. The van der Waals surface area contributed by atoms with Crippen LogP contribution in [-0.4, -0.2) is 28.9 Å². The molecule has 2 N–H and O–H groups in total. The van der Waals surface area contributed by atoms with E-state index in [1.54, 1.807) is 6.92 Å². The van der Waals surface area contributed by atoms with Crippen LogP contribution in [0.2, 0.25) is 0 Å². The predicted molar refractivity (Wildman–Crippen MR) is 66.9 cm³/mol. The molecule has 1 aromatic carbocycles. The lowest BCUT2D eigenvalue weighted by molar-refractivity contribution is -0.141. The molecule has 0 aromatic heterocycles. The molecule has 0 spiro atoms. The molecule has 1 aliphatic rings. The second-order valence-corrected chi connectivity index (χ2v) is 4.79. The van der Waals surface area contributed by atoms with Crippen molar-refractivity contribution in [3.8, 4) is 0 Å². The van der Waals surface area contributed by atoms with Crippen molar-refractivity contribution < 1.29 is 14.7 Å². The van der Waals surface area contributed by atoms with Crippen LogP contribution in [0.25, 0.3) is 0 Å². The number of Topliss-reactive ketones (excluding diaryl/α,β-unsaturated/α-hetero) is 1. The van der Waals surface area contributed by atoms with Gasteiger partial charge in [-0.3, -0.25) is 9.59 Å². The van der Waals surface area contributed by atoms with Gasteiger partial charge in [0.1, 0.15) is 5.78 Å². The van der Waals surface area contributed by atoms with Crippen LogP contribution in [0.15, 0.2) is 30.3 Å². The summed E-state index contributed by atoms with van der Waals surface area (Å²) in [6.45, 7) is 1.58. The van der Waals surface area contributed by atoms with Gasteiger partial charge >= 0.3 is 0 Å². The summed E-state index contributed by atoms with van der Waals surface area (Å²) in [5, 5.41) is 12.1. The van der Waals surface area contributed by atoms with Gasteiger partial charge in [0, 0.05) is 18.9 Å². The van der Waals surface area contributed by atoms with Crippen LogP contribution < -0.4 is 5.32 Å². The summed E-state index contributed by atoms with van der Waals surface area (Å²) < 4.78 is 0. The summed E-state index contributed by atoms with van der Waals surface area (Å²) >= 11 is 0. The molecule has 1 heterocycles. The SMILES string of the molecule is CC(O)[C@H]1C(=O)N[C@@H]1CC(=O)Cc1ccccc1. The van der Waals surface area contributed by atoms with Crippen LogP contribution in [0.4, 0.5) is 0 Å². The van der Waals surface area contributed by atoms with E-state index < -0.39 is 12.0 Å². The van der Waals surface area contributed by atoms with E-state index in [0.717, 1.165) is 5.56 Å². The Kier molecular flexibility index (Phi) is 3.77. The molecule has 0 radical (unpaired) electrons. The Labute approximate surface area is 106 Å². The molecule has 0 aliphatic carbocycles. The van der Waals surface area contributed by atoms with Gasteiger partial charge in [-0.2, -0.15) is 0 Å². The zero-order chi connectivity index (χ0) is 13.1. The van der Waals surface area contributed by atoms with E-state index >= 15 is 0 Å². The lowest BCUT2D eigenvalue weighted by atomic mass is 9.82. The number of amides is 1. The highest BCUT2D eigenvalue weighted by atomic mass is 16.3. The van der Waals surface area contributed by atoms with E-state index in [1.165, 1.54) is 0 Å². The molecule has 1 saturated heterocycles. The summed E-state index contributed by atoms with van der Waals surface area (Å²) in [6.07, 6.45) is -0.0380. The average molecular weight is 247 g/mol. The predicted octanol–water partition coefficient (Wildman–Crippen LogP) is 0.684. The Bertz CT molecular complexity index is 442. The van der Waals surface area contributed by atoms with Crippen LogP contribution in [0, 0.1) is 5.92 Å². The highest BCUT2D eigenvalue weighted by molar-refractivity contribution is 5.90. The van der Waals surface area contributed by atoms with Crippen molar-refractivity contribution in [2.24, 2.45) is 5.92 Å². The molecule has 4 heteroatoms. The fourth-order valence-corrected chi connectivity index (χ4v) is 2.33. The van der Waals surface area contributed by atoms with Crippen LogP contribution in [0.1, 0.15) is 18.9 Å². The van der Waals surface area contributed by atoms with E-state index in [0.29, 0.717) is 6.42 Å². The van der Waals surface area contributed by atoms with Gasteiger partial charge in [0.05, 0.1) is 12.0 Å². The van der Waals surface area contributed by atoms with Crippen molar-refractivity contribution >= 4 is 11.7 Å². The molecule has 3 atom stereocenters. The van der Waals surface area contributed by atoms with Crippen molar-refractivity contribution in [3.63, 3.8) is 0 Å². The minimum Gasteiger partial charge on any atom is -0.393 e. The van der Waals surface area contributed by atoms with Crippen LogP contribution in [0.5, 0.6) is 0 Å². The van der Waals surface area contributed by atoms with Crippen molar-refractivity contribution in [3.05, 3.63) is 35.9 Å². The molecule has 2 rings (SSSR count). The quantitative estimate of drug-likeness (QED) is 0.752. The van der Waals surface area contributed by atoms with E-state index in [1.807, 2.05) is 30.3 Å². The minimum absolute atomic E-state index is 0.0804. The topological polar surface area (TPSA) is 66.4 Å². The highest BCUT2D eigenvalue weighted by Crippen LogP contribution is 2.22. The average Bonchev–Trinajstić information content (AvgIpc) is 2.28. The third kappa shape index (κ3) is 2.76. The maximum atomic E-state index is 11.9. The molecule has 18 heavy (non-hydrogen) atoms. The Hall–Kier alpha value is -1.68. The maximum Gasteiger partial charge on any atom is 0.228 e. The number of hydrogen-bond donors (Lipinski definition) is 2. The van der Waals surface area contributed by atoms with E-state index in [4.69, 9.17) is 0 Å².